The van der Waals surface area contributed by atoms with Crippen molar-refractivity contribution in [3.63, 3.8) is 0 Å². The van der Waals surface area contributed by atoms with Gasteiger partial charge in [-0.05, 0) is 12.1 Å². The first-order valence-corrected chi connectivity index (χ1v) is 4.84. The molecule has 0 saturated carbocycles. The number of likely N-dealkylation sites (N-methyl/N-ethyl adjacent to an activating group) is 1. The third-order valence-electron chi connectivity index (χ3n) is 2.27. The van der Waals surface area contributed by atoms with Gasteiger partial charge in [0.2, 0.25) is 0 Å². The minimum Gasteiger partial charge on any atom is -0.463 e. The molecule has 6 heteroatoms. The van der Waals surface area contributed by atoms with Crippen molar-refractivity contribution in [2.75, 3.05) is 20.2 Å². The molecule has 16 heavy (non-hydrogen) atoms. The number of rotatable bonds is 2. The molecule has 6 nitrogen and oxygen atoms in total. The monoisotopic (exact) mass is 221 g/mol. The lowest BCUT2D eigenvalue weighted by molar-refractivity contribution is -0.384. The molecule has 1 fully saturated rings. The molecule has 0 N–H and O–H groups in total. The van der Waals surface area contributed by atoms with E-state index in [2.05, 4.69) is 4.99 Å². The average Bonchev–Trinajstić information content (AvgIpc) is 2.65. The molecule has 0 bridgehead atoms. The summed E-state index contributed by atoms with van der Waals surface area (Å²) < 4.78 is 5.29. The van der Waals surface area contributed by atoms with Crippen LogP contribution in [-0.4, -0.2) is 36.0 Å². The van der Waals surface area contributed by atoms with E-state index in [0.29, 0.717) is 18.3 Å². The molecule has 1 saturated heterocycles. The van der Waals surface area contributed by atoms with E-state index in [0.717, 1.165) is 6.54 Å². The van der Waals surface area contributed by atoms with Crippen molar-refractivity contribution < 1.29 is 9.66 Å². The van der Waals surface area contributed by atoms with E-state index in [1.807, 2.05) is 11.9 Å². The van der Waals surface area contributed by atoms with Gasteiger partial charge in [-0.1, -0.05) is 0 Å². The van der Waals surface area contributed by atoms with E-state index in [1.165, 1.54) is 12.1 Å². The predicted molar refractivity (Wildman–Crippen MR) is 58.8 cm³/mol. The summed E-state index contributed by atoms with van der Waals surface area (Å²) in [5, 5.41) is 10.4. The summed E-state index contributed by atoms with van der Waals surface area (Å²) in [6.45, 7) is 1.44. The highest BCUT2D eigenvalue weighted by atomic mass is 16.6. The van der Waals surface area contributed by atoms with Crippen LogP contribution in [0.4, 0.5) is 11.4 Å². The van der Waals surface area contributed by atoms with Gasteiger partial charge in [0.1, 0.15) is 6.61 Å². The Hall–Kier alpha value is -2.11. The van der Waals surface area contributed by atoms with Gasteiger partial charge in [0.25, 0.3) is 11.7 Å². The van der Waals surface area contributed by atoms with Gasteiger partial charge in [-0.25, -0.2) is 0 Å². The Morgan fingerprint density at radius 3 is 2.62 bits per heavy atom. The van der Waals surface area contributed by atoms with E-state index in [1.54, 1.807) is 12.1 Å². The molecule has 2 rings (SSSR count). The highest BCUT2D eigenvalue weighted by Gasteiger charge is 2.15. The number of non-ortho nitro benzene ring substituents is 1. The maximum absolute atomic E-state index is 10.4. The van der Waals surface area contributed by atoms with Crippen molar-refractivity contribution in [1.82, 2.24) is 4.90 Å². The Labute approximate surface area is 92.3 Å². The minimum atomic E-state index is -0.435. The first-order valence-electron chi connectivity index (χ1n) is 4.84. The number of amidine groups is 1. The van der Waals surface area contributed by atoms with Crippen LogP contribution in [0, 0.1) is 10.1 Å². The largest absolute Gasteiger partial charge is 0.463 e. The number of hydrogen-bond acceptors (Lipinski definition) is 4. The van der Waals surface area contributed by atoms with E-state index in [4.69, 9.17) is 4.74 Å². The van der Waals surface area contributed by atoms with Crippen molar-refractivity contribution in [2.24, 2.45) is 4.99 Å². The Kier molecular flexibility index (Phi) is 2.72. The molecule has 0 spiro atoms. The molecule has 1 heterocycles. The van der Waals surface area contributed by atoms with Crippen LogP contribution < -0.4 is 0 Å². The molecule has 0 aliphatic carbocycles. The summed E-state index contributed by atoms with van der Waals surface area (Å²) in [6, 6.07) is 6.60. The van der Waals surface area contributed by atoms with Crippen LogP contribution in [0.3, 0.4) is 0 Å². The molecular weight excluding hydrogens is 210 g/mol. The molecule has 0 aromatic heterocycles. The fraction of sp³-hybridized carbons (Fsp3) is 0.300. The van der Waals surface area contributed by atoms with Gasteiger partial charge in [-0.3, -0.25) is 10.1 Å². The van der Waals surface area contributed by atoms with E-state index < -0.39 is 4.92 Å². The fourth-order valence-electron chi connectivity index (χ4n) is 1.36. The van der Waals surface area contributed by atoms with Gasteiger partial charge in [0.15, 0.2) is 0 Å². The zero-order valence-electron chi connectivity index (χ0n) is 8.79. The highest BCUT2D eigenvalue weighted by molar-refractivity contribution is 5.78. The number of aliphatic imine (C=N–C) groups is 1. The van der Waals surface area contributed by atoms with Crippen molar-refractivity contribution in [3.8, 4) is 0 Å². The number of nitrogens with zero attached hydrogens (tertiary/aromatic N) is 3. The van der Waals surface area contributed by atoms with E-state index in [-0.39, 0.29) is 5.69 Å². The van der Waals surface area contributed by atoms with E-state index >= 15 is 0 Å². The number of nitro groups is 1. The smallest absolute Gasteiger partial charge is 0.292 e. The third kappa shape index (κ3) is 2.10. The summed E-state index contributed by atoms with van der Waals surface area (Å²) in [7, 11) is 1.89. The Balaban J connectivity index is 2.19. The molecule has 0 amide bonds. The summed E-state index contributed by atoms with van der Waals surface area (Å²) in [6.07, 6.45) is 0. The number of ether oxygens (including phenoxy) is 1. The fourth-order valence-corrected chi connectivity index (χ4v) is 1.36. The highest BCUT2D eigenvalue weighted by Crippen LogP contribution is 2.19. The lowest BCUT2D eigenvalue weighted by atomic mass is 10.3. The first-order chi connectivity index (χ1) is 7.66. The maximum atomic E-state index is 10.4. The summed E-state index contributed by atoms with van der Waals surface area (Å²) in [5.41, 5.74) is 0.707. The molecule has 0 unspecified atom stereocenters. The Morgan fingerprint density at radius 1 is 1.44 bits per heavy atom. The SMILES string of the molecule is CN1CCOC1=Nc1ccc([N+](=O)[O-])cc1. The molecule has 84 valence electrons. The second-order valence-electron chi connectivity index (χ2n) is 3.44. The first kappa shape index (κ1) is 10.4. The summed E-state index contributed by atoms with van der Waals surface area (Å²) in [5.74, 6) is 0. The standard InChI is InChI=1S/C10H11N3O3/c1-12-6-7-16-10(12)11-8-2-4-9(5-3-8)13(14)15/h2-5H,6-7H2,1H3. The lowest BCUT2D eigenvalue weighted by Gasteiger charge is -2.07. The van der Waals surface area contributed by atoms with Gasteiger partial charge in [-0.15, -0.1) is 0 Å². The van der Waals surface area contributed by atoms with Gasteiger partial charge in [-0.2, -0.15) is 4.99 Å². The van der Waals surface area contributed by atoms with Crippen molar-refractivity contribution in [3.05, 3.63) is 34.4 Å². The molecule has 1 aromatic rings. The maximum Gasteiger partial charge on any atom is 0.292 e. The second kappa shape index (κ2) is 4.18. The molecule has 1 aliphatic heterocycles. The van der Waals surface area contributed by atoms with Crippen LogP contribution in [0.15, 0.2) is 29.3 Å². The van der Waals surface area contributed by atoms with Gasteiger partial charge in [0.05, 0.1) is 17.2 Å². The van der Waals surface area contributed by atoms with Gasteiger partial charge >= 0.3 is 0 Å². The van der Waals surface area contributed by atoms with Crippen molar-refractivity contribution in [1.29, 1.82) is 0 Å². The van der Waals surface area contributed by atoms with Crippen molar-refractivity contribution in [2.45, 2.75) is 0 Å². The predicted octanol–water partition coefficient (Wildman–Crippen LogP) is 1.54. The number of benzene rings is 1. The summed E-state index contributed by atoms with van der Waals surface area (Å²) >= 11 is 0. The quantitative estimate of drug-likeness (QED) is 0.561. The normalized spacial score (nSPS) is 17.6. The molecule has 0 radical (unpaired) electrons. The van der Waals surface area contributed by atoms with Crippen LogP contribution >= 0.6 is 0 Å². The average molecular weight is 221 g/mol. The zero-order chi connectivity index (χ0) is 11.5. The Morgan fingerprint density at radius 2 is 2.12 bits per heavy atom. The van der Waals surface area contributed by atoms with Crippen molar-refractivity contribution >= 4 is 17.4 Å². The van der Waals surface area contributed by atoms with Crippen LogP contribution in [0.25, 0.3) is 0 Å². The second-order valence-corrected chi connectivity index (χ2v) is 3.44. The van der Waals surface area contributed by atoms with Crippen LogP contribution in [-0.2, 0) is 4.74 Å². The molecule has 1 aromatic carbocycles. The lowest BCUT2D eigenvalue weighted by Crippen LogP contribution is -2.19. The van der Waals surface area contributed by atoms with Crippen LogP contribution in [0.5, 0.6) is 0 Å². The Bertz CT molecular complexity index is 427. The number of nitro benzene ring substituents is 1. The summed E-state index contributed by atoms with van der Waals surface area (Å²) in [4.78, 5) is 16.1. The van der Waals surface area contributed by atoms with Crippen LogP contribution in [0.2, 0.25) is 0 Å². The molecule has 0 atom stereocenters. The number of hydrogen-bond donors (Lipinski definition) is 0. The zero-order valence-corrected chi connectivity index (χ0v) is 8.79. The van der Waals surface area contributed by atoms with Gasteiger partial charge < -0.3 is 9.64 Å². The topological polar surface area (TPSA) is 68.0 Å². The van der Waals surface area contributed by atoms with E-state index in [9.17, 15) is 10.1 Å². The molecule has 1 aliphatic rings. The third-order valence-corrected chi connectivity index (χ3v) is 2.27. The van der Waals surface area contributed by atoms with Gasteiger partial charge in [0, 0.05) is 19.2 Å². The molecular formula is C10H11N3O3. The minimum absolute atomic E-state index is 0.0599. The van der Waals surface area contributed by atoms with Crippen LogP contribution in [0.1, 0.15) is 0 Å².